The maximum absolute atomic E-state index is 11.5. The van der Waals surface area contributed by atoms with E-state index in [1.807, 2.05) is 0 Å². The number of rotatable bonds is 1. The molecule has 0 aromatic carbocycles. The van der Waals surface area contributed by atoms with Crippen LogP contribution in [-0.2, 0) is 9.53 Å². The van der Waals surface area contributed by atoms with Crippen LogP contribution in [0.25, 0.3) is 0 Å². The lowest BCUT2D eigenvalue weighted by Crippen LogP contribution is -2.48. The number of fused-ring (bicyclic) bond motifs is 1. The van der Waals surface area contributed by atoms with Crippen LogP contribution in [0.3, 0.4) is 0 Å². The summed E-state index contributed by atoms with van der Waals surface area (Å²) in [5, 5.41) is 0. The van der Waals surface area contributed by atoms with Crippen LogP contribution in [0.5, 0.6) is 0 Å². The van der Waals surface area contributed by atoms with Gasteiger partial charge in [0.15, 0.2) is 0 Å². The maximum Gasteiger partial charge on any atom is 0.312 e. The third-order valence-electron chi connectivity index (χ3n) is 3.64. The van der Waals surface area contributed by atoms with Crippen LogP contribution in [0.1, 0.15) is 25.7 Å². The Kier molecular flexibility index (Phi) is 2.88. The number of hydrogen-bond acceptors (Lipinski definition) is 3. The van der Waals surface area contributed by atoms with Crippen molar-refractivity contribution in [1.29, 1.82) is 0 Å². The van der Waals surface area contributed by atoms with Crippen LogP contribution in [0, 0.1) is 11.3 Å². The van der Waals surface area contributed by atoms with Crippen molar-refractivity contribution in [1.82, 2.24) is 0 Å². The SMILES string of the molecule is COC(=O)[C@@]12CC[C@@H](N)[C@@H]1CC2.Cl. The van der Waals surface area contributed by atoms with Gasteiger partial charge in [-0.1, -0.05) is 0 Å². The first kappa shape index (κ1) is 10.8. The molecule has 0 aliphatic heterocycles. The van der Waals surface area contributed by atoms with Gasteiger partial charge in [-0.15, -0.1) is 12.4 Å². The summed E-state index contributed by atoms with van der Waals surface area (Å²) < 4.78 is 4.81. The van der Waals surface area contributed by atoms with Gasteiger partial charge in [0.1, 0.15) is 0 Å². The molecular weight excluding hydrogens is 190 g/mol. The zero-order valence-electron chi connectivity index (χ0n) is 7.79. The number of ether oxygens (including phenoxy) is 1. The van der Waals surface area contributed by atoms with Gasteiger partial charge in [0.2, 0.25) is 0 Å². The minimum absolute atomic E-state index is 0. The van der Waals surface area contributed by atoms with Crippen LogP contribution in [0.15, 0.2) is 0 Å². The number of nitrogens with two attached hydrogens (primary N) is 1. The van der Waals surface area contributed by atoms with Crippen molar-refractivity contribution >= 4 is 18.4 Å². The van der Waals surface area contributed by atoms with E-state index in [0.717, 1.165) is 25.7 Å². The first-order valence-electron chi connectivity index (χ1n) is 4.55. The monoisotopic (exact) mass is 205 g/mol. The van der Waals surface area contributed by atoms with Crippen molar-refractivity contribution < 1.29 is 9.53 Å². The molecule has 2 rings (SSSR count). The van der Waals surface area contributed by atoms with E-state index in [1.54, 1.807) is 0 Å². The van der Waals surface area contributed by atoms with Gasteiger partial charge in [-0.2, -0.15) is 0 Å². The third-order valence-corrected chi connectivity index (χ3v) is 3.64. The molecule has 3 nitrogen and oxygen atoms in total. The highest BCUT2D eigenvalue weighted by Gasteiger charge is 2.59. The molecule has 13 heavy (non-hydrogen) atoms. The van der Waals surface area contributed by atoms with E-state index >= 15 is 0 Å². The molecule has 0 radical (unpaired) electrons. The van der Waals surface area contributed by atoms with Crippen molar-refractivity contribution in [3.8, 4) is 0 Å². The molecule has 76 valence electrons. The lowest BCUT2D eigenvalue weighted by molar-refractivity contribution is -0.162. The van der Waals surface area contributed by atoms with Gasteiger partial charge >= 0.3 is 5.97 Å². The summed E-state index contributed by atoms with van der Waals surface area (Å²) in [5.41, 5.74) is 5.72. The Morgan fingerprint density at radius 2 is 2.08 bits per heavy atom. The predicted octanol–water partition coefficient (Wildman–Crippen LogP) is 1.10. The molecule has 0 spiro atoms. The van der Waals surface area contributed by atoms with Crippen molar-refractivity contribution in [3.63, 3.8) is 0 Å². The van der Waals surface area contributed by atoms with Crippen molar-refractivity contribution in [2.45, 2.75) is 31.7 Å². The Morgan fingerprint density at radius 3 is 2.46 bits per heavy atom. The number of esters is 1. The van der Waals surface area contributed by atoms with E-state index in [9.17, 15) is 4.79 Å². The highest BCUT2D eigenvalue weighted by molar-refractivity contribution is 5.85. The van der Waals surface area contributed by atoms with E-state index in [0.29, 0.717) is 5.92 Å². The topological polar surface area (TPSA) is 52.3 Å². The van der Waals surface area contributed by atoms with E-state index in [1.165, 1.54) is 7.11 Å². The van der Waals surface area contributed by atoms with Crippen molar-refractivity contribution in [3.05, 3.63) is 0 Å². The fourth-order valence-electron chi connectivity index (χ4n) is 2.78. The van der Waals surface area contributed by atoms with E-state index < -0.39 is 0 Å². The molecule has 2 aliphatic carbocycles. The quantitative estimate of drug-likeness (QED) is 0.653. The molecule has 2 saturated carbocycles. The van der Waals surface area contributed by atoms with Gasteiger partial charge < -0.3 is 10.5 Å². The van der Waals surface area contributed by atoms with Gasteiger partial charge in [0.05, 0.1) is 12.5 Å². The van der Waals surface area contributed by atoms with Crippen LogP contribution in [0.4, 0.5) is 0 Å². The zero-order chi connectivity index (χ0) is 8.77. The van der Waals surface area contributed by atoms with E-state index in [4.69, 9.17) is 10.5 Å². The summed E-state index contributed by atoms with van der Waals surface area (Å²) in [7, 11) is 1.47. The average Bonchev–Trinajstić information content (AvgIpc) is 2.22. The summed E-state index contributed by atoms with van der Waals surface area (Å²) >= 11 is 0. The third kappa shape index (κ3) is 1.25. The van der Waals surface area contributed by atoms with Gasteiger partial charge in [-0.3, -0.25) is 4.79 Å². The summed E-state index contributed by atoms with van der Waals surface area (Å²) in [4.78, 5) is 11.5. The molecule has 0 bridgehead atoms. The summed E-state index contributed by atoms with van der Waals surface area (Å²) in [6.07, 6.45) is 4.01. The van der Waals surface area contributed by atoms with Crippen molar-refractivity contribution in [2.24, 2.45) is 17.1 Å². The highest BCUT2D eigenvalue weighted by atomic mass is 35.5. The molecule has 0 aromatic heterocycles. The molecule has 0 amide bonds. The second-order valence-corrected chi connectivity index (χ2v) is 4.00. The molecule has 0 unspecified atom stereocenters. The molecule has 0 saturated heterocycles. The van der Waals surface area contributed by atoms with Gasteiger partial charge in [0, 0.05) is 6.04 Å². The Hall–Kier alpha value is -0.280. The van der Waals surface area contributed by atoms with Gasteiger partial charge in [0.25, 0.3) is 0 Å². The summed E-state index contributed by atoms with van der Waals surface area (Å²) in [6, 6.07) is 0.234. The standard InChI is InChI=1S/C9H15NO2.ClH/c1-12-8(11)9-4-2-6(9)7(10)3-5-9;/h6-7H,2-5,10H2,1H3;1H/t6-,7+,9-;/m0./s1. The minimum atomic E-state index is -0.172. The first-order valence-corrected chi connectivity index (χ1v) is 4.55. The van der Waals surface area contributed by atoms with Gasteiger partial charge in [-0.05, 0) is 31.6 Å². The molecule has 2 aliphatic rings. The lowest BCUT2D eigenvalue weighted by Gasteiger charge is -2.43. The normalized spacial score (nSPS) is 41.4. The van der Waals surface area contributed by atoms with Crippen LogP contribution in [0.2, 0.25) is 0 Å². The average molecular weight is 206 g/mol. The second-order valence-electron chi connectivity index (χ2n) is 4.00. The Morgan fingerprint density at radius 1 is 1.46 bits per heavy atom. The molecule has 2 N–H and O–H groups in total. The Balaban J connectivity index is 0.000000845. The molecule has 3 atom stereocenters. The molecular formula is C9H16ClNO2. The van der Waals surface area contributed by atoms with Crippen molar-refractivity contribution in [2.75, 3.05) is 7.11 Å². The summed E-state index contributed by atoms with van der Waals surface area (Å²) in [6.45, 7) is 0. The number of carbonyl (C=O) groups excluding carboxylic acids is 1. The largest absolute Gasteiger partial charge is 0.469 e. The van der Waals surface area contributed by atoms with E-state index in [2.05, 4.69) is 0 Å². The van der Waals surface area contributed by atoms with Gasteiger partial charge in [-0.25, -0.2) is 0 Å². The zero-order valence-corrected chi connectivity index (χ0v) is 8.60. The smallest absolute Gasteiger partial charge is 0.312 e. The second kappa shape index (κ2) is 3.46. The molecule has 4 heteroatoms. The molecule has 0 aromatic rings. The van der Waals surface area contributed by atoms with Crippen LogP contribution in [-0.4, -0.2) is 19.1 Å². The van der Waals surface area contributed by atoms with E-state index in [-0.39, 0.29) is 29.8 Å². The van der Waals surface area contributed by atoms with Crippen LogP contribution < -0.4 is 5.73 Å². The highest BCUT2D eigenvalue weighted by Crippen LogP contribution is 2.57. The molecule has 2 fully saturated rings. The Bertz CT molecular complexity index is 222. The lowest BCUT2D eigenvalue weighted by atomic mass is 9.61. The maximum atomic E-state index is 11.5. The predicted molar refractivity (Wildman–Crippen MR) is 51.6 cm³/mol. The number of methoxy groups -OCH3 is 1. The fourth-order valence-corrected chi connectivity index (χ4v) is 2.78. The number of carbonyl (C=O) groups is 1. The minimum Gasteiger partial charge on any atom is -0.469 e. The number of halogens is 1. The van der Waals surface area contributed by atoms with Crippen LogP contribution >= 0.6 is 12.4 Å². The first-order chi connectivity index (χ1) is 5.70. The fraction of sp³-hybridized carbons (Fsp3) is 0.889. The summed E-state index contributed by atoms with van der Waals surface area (Å²) in [5.74, 6) is 0.372. The Labute approximate surface area is 84.4 Å². The molecule has 0 heterocycles. The number of hydrogen-bond donors (Lipinski definition) is 1.